The first-order valence-corrected chi connectivity index (χ1v) is 11.3. The Morgan fingerprint density at radius 2 is 2.21 bits per heavy atom. The molecule has 0 saturated carbocycles. The predicted octanol–water partition coefficient (Wildman–Crippen LogP) is 0.201. The van der Waals surface area contributed by atoms with E-state index in [-0.39, 0.29) is 33.7 Å². The van der Waals surface area contributed by atoms with Crippen molar-refractivity contribution in [1.82, 2.24) is 15.2 Å². The average molecular weight is 492 g/mol. The molecule has 1 fully saturated rings. The summed E-state index contributed by atoms with van der Waals surface area (Å²) in [6.45, 7) is 1.58. The van der Waals surface area contributed by atoms with Crippen molar-refractivity contribution in [1.29, 1.82) is 0 Å². The number of oxime groups is 1. The van der Waals surface area contributed by atoms with E-state index in [1.165, 1.54) is 36.4 Å². The number of carbonyl (C=O) groups is 4. The summed E-state index contributed by atoms with van der Waals surface area (Å²) in [7, 11) is 1.26. The van der Waals surface area contributed by atoms with Gasteiger partial charge in [-0.25, -0.2) is 14.6 Å². The van der Waals surface area contributed by atoms with Crippen LogP contribution in [0, 0.1) is 0 Å². The minimum Gasteiger partial charge on any atom is -0.477 e. The Morgan fingerprint density at radius 3 is 2.79 bits per heavy atom. The van der Waals surface area contributed by atoms with Gasteiger partial charge < -0.3 is 25.7 Å². The second kappa shape index (κ2) is 8.71. The van der Waals surface area contributed by atoms with Crippen LogP contribution < -0.4 is 11.1 Å². The number of thiazole rings is 1. The van der Waals surface area contributed by atoms with E-state index in [0.717, 1.165) is 16.2 Å². The molecule has 4 N–H and O–H groups in total. The number of nitrogen functional groups attached to an aromatic ring is 1. The van der Waals surface area contributed by atoms with Crippen LogP contribution in [-0.2, 0) is 28.8 Å². The molecular formula is C19H17N5O7S2. The number of hydrogen-bond acceptors (Lipinski definition) is 11. The van der Waals surface area contributed by atoms with Gasteiger partial charge in [-0.05, 0) is 24.6 Å². The van der Waals surface area contributed by atoms with Crippen molar-refractivity contribution in [3.63, 3.8) is 0 Å². The van der Waals surface area contributed by atoms with E-state index >= 15 is 0 Å². The number of nitrogens with two attached hydrogens (primary N) is 1. The summed E-state index contributed by atoms with van der Waals surface area (Å²) in [6, 6.07) is -0.976. The van der Waals surface area contributed by atoms with Crippen molar-refractivity contribution in [2.24, 2.45) is 5.16 Å². The Hall–Kier alpha value is -3.65. The lowest BCUT2D eigenvalue weighted by atomic mass is 10.0. The number of anilines is 1. The van der Waals surface area contributed by atoms with Crippen LogP contribution in [0.3, 0.4) is 0 Å². The fourth-order valence-electron chi connectivity index (χ4n) is 3.39. The molecule has 33 heavy (non-hydrogen) atoms. The molecule has 3 aliphatic heterocycles. The third-order valence-electron chi connectivity index (χ3n) is 4.86. The molecule has 14 heteroatoms. The number of aromatic nitrogens is 1. The van der Waals surface area contributed by atoms with Gasteiger partial charge in [0, 0.05) is 16.7 Å². The number of nitrogens with zero attached hydrogens (tertiary/aromatic N) is 3. The number of β-lactam (4-membered cyclic amide) rings is 1. The Kier molecular flexibility index (Phi) is 5.95. The summed E-state index contributed by atoms with van der Waals surface area (Å²) >= 11 is 2.37. The fraction of sp³-hybridized carbons (Fsp3) is 0.263. The summed E-state index contributed by atoms with van der Waals surface area (Å²) in [4.78, 5) is 58.9. The zero-order valence-electron chi connectivity index (χ0n) is 17.2. The molecule has 2 atom stereocenters. The third kappa shape index (κ3) is 4.09. The van der Waals surface area contributed by atoms with Crippen LogP contribution in [0.15, 0.2) is 45.3 Å². The van der Waals surface area contributed by atoms with Crippen LogP contribution in [0.5, 0.6) is 0 Å². The van der Waals surface area contributed by atoms with Gasteiger partial charge in [-0.3, -0.25) is 14.5 Å². The summed E-state index contributed by atoms with van der Waals surface area (Å²) < 4.78 is 5.07. The highest BCUT2D eigenvalue weighted by Gasteiger charge is 2.54. The van der Waals surface area contributed by atoms with Gasteiger partial charge in [-0.2, -0.15) is 0 Å². The second-order valence-corrected chi connectivity index (χ2v) is 8.99. The molecule has 0 spiro atoms. The second-order valence-electron chi connectivity index (χ2n) is 7.00. The number of ether oxygens (including phenoxy) is 1. The Morgan fingerprint density at radius 1 is 1.45 bits per heavy atom. The number of carbonyl (C=O) groups excluding carboxylic acids is 3. The molecule has 172 valence electrons. The maximum Gasteiger partial charge on any atom is 0.352 e. The van der Waals surface area contributed by atoms with E-state index in [1.54, 1.807) is 6.92 Å². The molecule has 0 aliphatic carbocycles. The standard InChI is InChI=1S/C19H17N5O7S2/c1-7-3-9(31-18(7)29)4-8-5-32-16-12(15(26)24(16)13(8)17(27)28)22-14(25)11(23-30-2)10-6-33-19(20)21-10/h3-4,6,12,16H,5H2,1-2H3,(H2,20,21)(H,22,25)(H,27,28)/b9-4+,23-11-/t12-,16-/m1/s1. The number of hydrogen-bond donors (Lipinski definition) is 3. The molecule has 1 saturated heterocycles. The van der Waals surface area contributed by atoms with Crippen molar-refractivity contribution < 1.29 is 33.9 Å². The average Bonchev–Trinajstić information content (AvgIpc) is 3.33. The first-order chi connectivity index (χ1) is 15.7. The maximum atomic E-state index is 12.8. The molecule has 2 amide bonds. The summed E-state index contributed by atoms with van der Waals surface area (Å²) in [5.74, 6) is -2.72. The zero-order chi connectivity index (χ0) is 23.9. The molecule has 0 bridgehead atoms. The highest BCUT2D eigenvalue weighted by atomic mass is 32.2. The predicted molar refractivity (Wildman–Crippen MR) is 118 cm³/mol. The number of amides is 2. The molecule has 0 unspecified atom stereocenters. The SMILES string of the molecule is CO/N=C(\C(=O)N[C@@H]1C(=O)N2C(C(=O)O)=C(/C=C3\C=C(C)C(=O)O3)CS[C@H]12)c1csc(N)n1. The maximum absolute atomic E-state index is 12.8. The first-order valence-electron chi connectivity index (χ1n) is 9.38. The van der Waals surface area contributed by atoms with Gasteiger partial charge in [0.05, 0.1) is 0 Å². The van der Waals surface area contributed by atoms with Gasteiger partial charge in [-0.1, -0.05) is 5.16 Å². The number of fused-ring (bicyclic) bond motifs is 1. The van der Waals surface area contributed by atoms with Crippen LogP contribution in [0.25, 0.3) is 0 Å². The molecule has 4 heterocycles. The largest absolute Gasteiger partial charge is 0.477 e. The zero-order valence-corrected chi connectivity index (χ0v) is 18.9. The van der Waals surface area contributed by atoms with E-state index in [9.17, 15) is 24.3 Å². The molecule has 0 radical (unpaired) electrons. The number of cyclic esters (lactones) is 1. The fourth-order valence-corrected chi connectivity index (χ4v) is 5.24. The summed E-state index contributed by atoms with van der Waals surface area (Å²) in [5.41, 5.74) is 6.11. The number of allylic oxidation sites excluding steroid dienone is 2. The quantitative estimate of drug-likeness (QED) is 0.216. The molecule has 12 nitrogen and oxygen atoms in total. The van der Waals surface area contributed by atoms with Gasteiger partial charge >= 0.3 is 11.9 Å². The number of aliphatic carboxylic acids is 1. The number of rotatable bonds is 6. The molecule has 1 aromatic heterocycles. The molecule has 0 aromatic carbocycles. The number of carboxylic acid groups (broad SMARTS) is 1. The van der Waals surface area contributed by atoms with Gasteiger partial charge in [0.2, 0.25) is 0 Å². The van der Waals surface area contributed by atoms with Crippen LogP contribution in [0.2, 0.25) is 0 Å². The van der Waals surface area contributed by atoms with Gasteiger partial charge in [0.25, 0.3) is 11.8 Å². The summed E-state index contributed by atoms with van der Waals surface area (Å²) in [5, 5.41) is 17.1. The van der Waals surface area contributed by atoms with Crippen LogP contribution in [0.4, 0.5) is 5.13 Å². The molecular weight excluding hydrogens is 474 g/mol. The Balaban J connectivity index is 1.55. The number of esters is 1. The van der Waals surface area contributed by atoms with Gasteiger partial charge in [-0.15, -0.1) is 23.1 Å². The lowest BCUT2D eigenvalue weighted by Gasteiger charge is -2.49. The van der Waals surface area contributed by atoms with E-state index in [4.69, 9.17) is 15.3 Å². The third-order valence-corrected chi connectivity index (χ3v) is 6.83. The van der Waals surface area contributed by atoms with E-state index in [2.05, 4.69) is 15.5 Å². The smallest absolute Gasteiger partial charge is 0.352 e. The normalized spacial score (nSPS) is 23.7. The van der Waals surface area contributed by atoms with Crippen molar-refractivity contribution in [2.45, 2.75) is 18.3 Å². The Labute approximate surface area is 194 Å². The van der Waals surface area contributed by atoms with Crippen LogP contribution in [-0.4, -0.2) is 68.7 Å². The van der Waals surface area contributed by atoms with Crippen molar-refractivity contribution in [2.75, 3.05) is 18.6 Å². The molecule has 4 rings (SSSR count). The molecule has 1 aromatic rings. The minimum absolute atomic E-state index is 0.165. The molecule has 3 aliphatic rings. The minimum atomic E-state index is -1.31. The van der Waals surface area contributed by atoms with E-state index in [1.807, 2.05) is 0 Å². The number of nitrogens with one attached hydrogen (secondary N) is 1. The lowest BCUT2D eigenvalue weighted by Crippen LogP contribution is -2.71. The first kappa shape index (κ1) is 22.5. The van der Waals surface area contributed by atoms with E-state index in [0.29, 0.717) is 11.1 Å². The van der Waals surface area contributed by atoms with Crippen molar-refractivity contribution in [3.8, 4) is 0 Å². The highest BCUT2D eigenvalue weighted by Crippen LogP contribution is 2.41. The van der Waals surface area contributed by atoms with Crippen LogP contribution in [0.1, 0.15) is 12.6 Å². The monoisotopic (exact) mass is 491 g/mol. The number of carboxylic acids is 1. The topological polar surface area (TPSA) is 174 Å². The Bertz CT molecular complexity index is 1200. The lowest BCUT2D eigenvalue weighted by molar-refractivity contribution is -0.150. The van der Waals surface area contributed by atoms with E-state index < -0.39 is 35.2 Å². The van der Waals surface area contributed by atoms with Gasteiger partial charge in [0.1, 0.15) is 35.7 Å². The van der Waals surface area contributed by atoms with Crippen LogP contribution >= 0.6 is 23.1 Å². The van der Waals surface area contributed by atoms with Gasteiger partial charge in [0.15, 0.2) is 10.8 Å². The van der Waals surface area contributed by atoms with Crippen molar-refractivity contribution >= 4 is 57.7 Å². The summed E-state index contributed by atoms with van der Waals surface area (Å²) in [6.07, 6.45) is 2.92. The highest BCUT2D eigenvalue weighted by molar-refractivity contribution is 8.00. The number of thioether (sulfide) groups is 1. The van der Waals surface area contributed by atoms with Crippen molar-refractivity contribution in [3.05, 3.63) is 45.8 Å².